The van der Waals surface area contributed by atoms with Gasteiger partial charge in [-0.25, -0.2) is 0 Å². The SMILES string of the molecule is CC(C)(N)CN(Cc1cccs1)C1CC1.Cl. The molecule has 1 heterocycles. The fraction of sp³-hybridized carbons (Fsp3) is 0.667. The van der Waals surface area contributed by atoms with Gasteiger partial charge in [-0.05, 0) is 38.1 Å². The summed E-state index contributed by atoms with van der Waals surface area (Å²) in [7, 11) is 0. The molecule has 2 rings (SSSR count). The van der Waals surface area contributed by atoms with E-state index in [0.717, 1.165) is 19.1 Å². The normalized spacial score (nSPS) is 16.2. The van der Waals surface area contributed by atoms with Crippen LogP contribution in [0, 0.1) is 0 Å². The maximum atomic E-state index is 6.09. The van der Waals surface area contributed by atoms with Crippen LogP contribution in [0.3, 0.4) is 0 Å². The average Bonchev–Trinajstić information content (AvgIpc) is 2.83. The number of nitrogens with two attached hydrogens (primary N) is 1. The molecule has 0 atom stereocenters. The van der Waals surface area contributed by atoms with E-state index < -0.39 is 0 Å². The first-order valence-electron chi connectivity index (χ1n) is 5.60. The Kier molecular flexibility index (Phi) is 4.80. The van der Waals surface area contributed by atoms with Gasteiger partial charge in [-0.15, -0.1) is 23.7 Å². The lowest BCUT2D eigenvalue weighted by molar-refractivity contribution is 0.210. The van der Waals surface area contributed by atoms with Gasteiger partial charge in [-0.2, -0.15) is 0 Å². The zero-order valence-corrected chi connectivity index (χ0v) is 11.6. The monoisotopic (exact) mass is 260 g/mol. The largest absolute Gasteiger partial charge is 0.324 e. The second kappa shape index (κ2) is 5.50. The van der Waals surface area contributed by atoms with Crippen LogP contribution < -0.4 is 5.73 Å². The summed E-state index contributed by atoms with van der Waals surface area (Å²) in [6, 6.07) is 5.12. The van der Waals surface area contributed by atoms with Crippen molar-refractivity contribution in [3.8, 4) is 0 Å². The molecule has 0 spiro atoms. The molecule has 0 bridgehead atoms. The van der Waals surface area contributed by atoms with Crippen molar-refractivity contribution < 1.29 is 0 Å². The minimum absolute atomic E-state index is 0. The molecule has 1 aliphatic carbocycles. The van der Waals surface area contributed by atoms with Crippen LogP contribution in [0.1, 0.15) is 31.6 Å². The zero-order chi connectivity index (χ0) is 10.9. The van der Waals surface area contributed by atoms with Crippen molar-refractivity contribution in [1.82, 2.24) is 4.90 Å². The van der Waals surface area contributed by atoms with Crippen molar-refractivity contribution in [3.63, 3.8) is 0 Å². The molecule has 0 unspecified atom stereocenters. The molecule has 92 valence electrons. The molecule has 0 aromatic carbocycles. The van der Waals surface area contributed by atoms with Crippen LogP contribution >= 0.6 is 23.7 Å². The fourth-order valence-electron chi connectivity index (χ4n) is 1.88. The van der Waals surface area contributed by atoms with Gasteiger partial charge in [-0.3, -0.25) is 4.90 Å². The summed E-state index contributed by atoms with van der Waals surface area (Å²) in [5, 5.41) is 2.15. The molecular weight excluding hydrogens is 240 g/mol. The molecule has 1 fully saturated rings. The van der Waals surface area contributed by atoms with Crippen LogP contribution in [0.5, 0.6) is 0 Å². The van der Waals surface area contributed by atoms with E-state index in [1.54, 1.807) is 0 Å². The molecule has 16 heavy (non-hydrogen) atoms. The highest BCUT2D eigenvalue weighted by Gasteiger charge is 2.31. The number of rotatable bonds is 5. The Morgan fingerprint density at radius 1 is 1.50 bits per heavy atom. The molecular formula is C12H21ClN2S. The molecule has 1 aliphatic rings. The van der Waals surface area contributed by atoms with Crippen molar-refractivity contribution >= 4 is 23.7 Å². The molecule has 4 heteroatoms. The highest BCUT2D eigenvalue weighted by atomic mass is 35.5. The topological polar surface area (TPSA) is 29.3 Å². The Bertz CT molecular complexity index is 301. The number of halogens is 1. The quantitative estimate of drug-likeness (QED) is 0.882. The van der Waals surface area contributed by atoms with Gasteiger partial charge in [0, 0.05) is 29.5 Å². The second-order valence-electron chi connectivity index (χ2n) is 5.20. The standard InChI is InChI=1S/C12H20N2S.ClH/c1-12(2,13)9-14(10-5-6-10)8-11-4-3-7-15-11;/h3-4,7,10H,5-6,8-9,13H2,1-2H3;1H. The molecule has 1 aromatic rings. The summed E-state index contributed by atoms with van der Waals surface area (Å²) in [4.78, 5) is 3.98. The number of hydrogen-bond acceptors (Lipinski definition) is 3. The first-order chi connectivity index (χ1) is 7.04. The Morgan fingerprint density at radius 3 is 2.62 bits per heavy atom. The number of hydrogen-bond donors (Lipinski definition) is 1. The van der Waals surface area contributed by atoms with E-state index in [9.17, 15) is 0 Å². The van der Waals surface area contributed by atoms with Gasteiger partial charge in [0.2, 0.25) is 0 Å². The maximum Gasteiger partial charge on any atom is 0.0331 e. The lowest BCUT2D eigenvalue weighted by atomic mass is 10.1. The molecule has 0 radical (unpaired) electrons. The highest BCUT2D eigenvalue weighted by Crippen LogP contribution is 2.29. The van der Waals surface area contributed by atoms with E-state index in [0.29, 0.717) is 0 Å². The molecule has 0 amide bonds. The third-order valence-electron chi connectivity index (χ3n) is 2.61. The maximum absolute atomic E-state index is 6.09. The van der Waals surface area contributed by atoms with Crippen molar-refractivity contribution in [2.45, 2.75) is 44.8 Å². The van der Waals surface area contributed by atoms with Gasteiger partial charge < -0.3 is 5.73 Å². The van der Waals surface area contributed by atoms with E-state index in [4.69, 9.17) is 5.73 Å². The first-order valence-corrected chi connectivity index (χ1v) is 6.48. The predicted octanol–water partition coefficient (Wildman–Crippen LogP) is 2.87. The van der Waals surface area contributed by atoms with E-state index in [1.165, 1.54) is 17.7 Å². The summed E-state index contributed by atoms with van der Waals surface area (Å²) in [6.45, 7) is 6.28. The zero-order valence-electron chi connectivity index (χ0n) is 9.98. The summed E-state index contributed by atoms with van der Waals surface area (Å²) in [5.41, 5.74) is 6.01. The van der Waals surface area contributed by atoms with Crippen LogP contribution in [0.15, 0.2) is 17.5 Å². The molecule has 1 aromatic heterocycles. The van der Waals surface area contributed by atoms with E-state index in [1.807, 2.05) is 11.3 Å². The lowest BCUT2D eigenvalue weighted by Crippen LogP contribution is -2.45. The van der Waals surface area contributed by atoms with Crippen LogP contribution in [-0.2, 0) is 6.54 Å². The van der Waals surface area contributed by atoms with Crippen molar-refractivity contribution in [2.24, 2.45) is 5.73 Å². The Labute approximate surface area is 108 Å². The minimum atomic E-state index is -0.0835. The van der Waals surface area contributed by atoms with Gasteiger partial charge >= 0.3 is 0 Å². The molecule has 2 nitrogen and oxygen atoms in total. The predicted molar refractivity (Wildman–Crippen MR) is 73.3 cm³/mol. The van der Waals surface area contributed by atoms with Crippen LogP contribution in [-0.4, -0.2) is 23.0 Å². The van der Waals surface area contributed by atoms with Gasteiger partial charge in [0.1, 0.15) is 0 Å². The third kappa shape index (κ3) is 4.42. The van der Waals surface area contributed by atoms with Crippen molar-refractivity contribution in [1.29, 1.82) is 0 Å². The Balaban J connectivity index is 0.00000128. The summed E-state index contributed by atoms with van der Waals surface area (Å²) in [5.74, 6) is 0. The van der Waals surface area contributed by atoms with Gasteiger partial charge in [0.25, 0.3) is 0 Å². The summed E-state index contributed by atoms with van der Waals surface area (Å²) in [6.07, 6.45) is 2.70. The average molecular weight is 261 g/mol. The Morgan fingerprint density at radius 2 is 2.19 bits per heavy atom. The number of nitrogens with zero attached hydrogens (tertiary/aromatic N) is 1. The summed E-state index contributed by atoms with van der Waals surface area (Å²) < 4.78 is 0. The fourth-order valence-corrected chi connectivity index (χ4v) is 2.61. The highest BCUT2D eigenvalue weighted by molar-refractivity contribution is 7.09. The first kappa shape index (κ1) is 14.0. The Hall–Kier alpha value is -0.0900. The number of thiophene rings is 1. The molecule has 2 N–H and O–H groups in total. The van der Waals surface area contributed by atoms with Crippen molar-refractivity contribution in [2.75, 3.05) is 6.54 Å². The van der Waals surface area contributed by atoms with E-state index in [-0.39, 0.29) is 17.9 Å². The smallest absolute Gasteiger partial charge is 0.0331 e. The van der Waals surface area contributed by atoms with Gasteiger partial charge in [0.05, 0.1) is 0 Å². The van der Waals surface area contributed by atoms with E-state index >= 15 is 0 Å². The van der Waals surface area contributed by atoms with Crippen LogP contribution in [0.25, 0.3) is 0 Å². The second-order valence-corrected chi connectivity index (χ2v) is 6.24. The molecule has 1 saturated carbocycles. The third-order valence-corrected chi connectivity index (χ3v) is 3.47. The molecule has 0 aliphatic heterocycles. The summed E-state index contributed by atoms with van der Waals surface area (Å²) >= 11 is 1.84. The van der Waals surface area contributed by atoms with Crippen molar-refractivity contribution in [3.05, 3.63) is 22.4 Å². The van der Waals surface area contributed by atoms with Gasteiger partial charge in [-0.1, -0.05) is 6.07 Å². The van der Waals surface area contributed by atoms with Gasteiger partial charge in [0.15, 0.2) is 0 Å². The van der Waals surface area contributed by atoms with Crippen LogP contribution in [0.4, 0.5) is 0 Å². The van der Waals surface area contributed by atoms with Crippen LogP contribution in [0.2, 0.25) is 0 Å². The lowest BCUT2D eigenvalue weighted by Gasteiger charge is -2.29. The van der Waals surface area contributed by atoms with E-state index in [2.05, 4.69) is 36.3 Å². The minimum Gasteiger partial charge on any atom is -0.324 e. The molecule has 0 saturated heterocycles.